The van der Waals surface area contributed by atoms with Crippen LogP contribution in [0.15, 0.2) is 11.1 Å². The minimum atomic E-state index is -3.41. The average Bonchev–Trinajstić information content (AvgIpc) is 2.75. The molecular formula is C8H15ClN4O2S. The maximum Gasteiger partial charge on any atom is 0.244 e. The van der Waals surface area contributed by atoms with E-state index in [9.17, 15) is 8.42 Å². The number of H-pyrrole nitrogens is 1. The number of nitrogens with one attached hydrogen (secondary N) is 3. The summed E-state index contributed by atoms with van der Waals surface area (Å²) in [5.74, 6) is 0. The average molecular weight is 267 g/mol. The van der Waals surface area contributed by atoms with Crippen LogP contribution in [0.3, 0.4) is 0 Å². The van der Waals surface area contributed by atoms with Crippen molar-refractivity contribution in [1.29, 1.82) is 0 Å². The highest BCUT2D eigenvalue weighted by atomic mass is 35.5. The summed E-state index contributed by atoms with van der Waals surface area (Å²) in [6.07, 6.45) is 2.16. The van der Waals surface area contributed by atoms with E-state index in [0.717, 1.165) is 13.0 Å². The van der Waals surface area contributed by atoms with Crippen LogP contribution in [0.5, 0.6) is 0 Å². The van der Waals surface area contributed by atoms with E-state index >= 15 is 0 Å². The fourth-order valence-electron chi connectivity index (χ4n) is 1.65. The van der Waals surface area contributed by atoms with E-state index in [-0.39, 0.29) is 23.3 Å². The fourth-order valence-corrected chi connectivity index (χ4v) is 3.06. The molecule has 1 atom stereocenters. The minimum absolute atomic E-state index is 0. The highest BCUT2D eigenvalue weighted by Crippen LogP contribution is 2.12. The maximum absolute atomic E-state index is 11.9. The van der Waals surface area contributed by atoms with Crippen molar-refractivity contribution in [2.24, 2.45) is 0 Å². The first-order valence-electron chi connectivity index (χ1n) is 4.82. The second-order valence-electron chi connectivity index (χ2n) is 3.67. The zero-order chi connectivity index (χ0) is 10.9. The van der Waals surface area contributed by atoms with Gasteiger partial charge in [0.1, 0.15) is 4.90 Å². The third-order valence-corrected chi connectivity index (χ3v) is 4.09. The van der Waals surface area contributed by atoms with Gasteiger partial charge in [-0.15, -0.1) is 12.4 Å². The minimum Gasteiger partial charge on any atom is -0.315 e. The van der Waals surface area contributed by atoms with Crippen LogP contribution in [0.1, 0.15) is 12.1 Å². The molecule has 0 bridgehead atoms. The quantitative estimate of drug-likeness (QED) is 0.706. The number of aromatic nitrogens is 2. The number of aromatic amines is 1. The Morgan fingerprint density at radius 3 is 2.81 bits per heavy atom. The predicted molar refractivity (Wildman–Crippen MR) is 62.2 cm³/mol. The molecule has 6 nitrogen and oxygen atoms in total. The molecule has 2 rings (SSSR count). The Morgan fingerprint density at radius 1 is 1.56 bits per heavy atom. The molecule has 0 amide bonds. The maximum atomic E-state index is 11.9. The molecule has 2 heterocycles. The Kier molecular flexibility index (Phi) is 4.31. The number of nitrogens with zero attached hydrogens (tertiary/aromatic N) is 1. The van der Waals surface area contributed by atoms with Crippen molar-refractivity contribution < 1.29 is 8.42 Å². The zero-order valence-corrected chi connectivity index (χ0v) is 10.5. The molecule has 1 aliphatic rings. The molecule has 3 N–H and O–H groups in total. The zero-order valence-electron chi connectivity index (χ0n) is 8.86. The van der Waals surface area contributed by atoms with Crippen LogP contribution < -0.4 is 10.0 Å². The van der Waals surface area contributed by atoms with E-state index in [4.69, 9.17) is 0 Å². The van der Waals surface area contributed by atoms with Gasteiger partial charge in [0.25, 0.3) is 0 Å². The van der Waals surface area contributed by atoms with Crippen LogP contribution in [0.2, 0.25) is 0 Å². The largest absolute Gasteiger partial charge is 0.315 e. The number of hydrogen-bond acceptors (Lipinski definition) is 4. The van der Waals surface area contributed by atoms with Gasteiger partial charge >= 0.3 is 0 Å². The standard InChI is InChI=1S/C8H14N4O2S.ClH/c1-6-8(5-10-11-6)15(13,14)12-7-2-3-9-4-7;/h5,7,9,12H,2-4H2,1H3,(H,10,11);1H. The summed E-state index contributed by atoms with van der Waals surface area (Å²) >= 11 is 0. The van der Waals surface area contributed by atoms with E-state index in [1.807, 2.05) is 0 Å². The van der Waals surface area contributed by atoms with Gasteiger partial charge in [-0.1, -0.05) is 0 Å². The Morgan fingerprint density at radius 2 is 2.31 bits per heavy atom. The highest BCUT2D eigenvalue weighted by Gasteiger charge is 2.24. The first kappa shape index (κ1) is 13.4. The molecule has 92 valence electrons. The summed E-state index contributed by atoms with van der Waals surface area (Å²) in [4.78, 5) is 0.231. The predicted octanol–water partition coefficient (Wildman–Crippen LogP) is -0.220. The summed E-state index contributed by atoms with van der Waals surface area (Å²) in [7, 11) is -3.41. The van der Waals surface area contributed by atoms with E-state index in [1.54, 1.807) is 6.92 Å². The molecule has 1 aromatic heterocycles. The lowest BCUT2D eigenvalue weighted by molar-refractivity contribution is 0.559. The molecule has 1 fully saturated rings. The van der Waals surface area contributed by atoms with Crippen molar-refractivity contribution >= 4 is 22.4 Å². The summed E-state index contributed by atoms with van der Waals surface area (Å²) in [6, 6.07) is -0.00991. The lowest BCUT2D eigenvalue weighted by Gasteiger charge is -2.10. The van der Waals surface area contributed by atoms with E-state index < -0.39 is 10.0 Å². The monoisotopic (exact) mass is 266 g/mol. The lowest BCUT2D eigenvalue weighted by atomic mass is 10.3. The van der Waals surface area contributed by atoms with Gasteiger partial charge in [0.15, 0.2) is 0 Å². The van der Waals surface area contributed by atoms with Crippen LogP contribution in [-0.4, -0.2) is 37.7 Å². The molecule has 1 aliphatic heterocycles. The smallest absolute Gasteiger partial charge is 0.244 e. The molecule has 0 spiro atoms. The van der Waals surface area contributed by atoms with Gasteiger partial charge in [-0.2, -0.15) is 5.10 Å². The molecule has 16 heavy (non-hydrogen) atoms. The second-order valence-corrected chi connectivity index (χ2v) is 5.35. The topological polar surface area (TPSA) is 86.9 Å². The van der Waals surface area contributed by atoms with E-state index in [0.29, 0.717) is 12.2 Å². The first-order chi connectivity index (χ1) is 7.09. The Hall–Kier alpha value is -0.630. The third-order valence-electron chi connectivity index (χ3n) is 2.46. The van der Waals surface area contributed by atoms with Crippen molar-refractivity contribution in [3.8, 4) is 0 Å². The second kappa shape index (κ2) is 5.13. The third kappa shape index (κ3) is 2.73. The van der Waals surface area contributed by atoms with Crippen molar-refractivity contribution in [1.82, 2.24) is 20.2 Å². The van der Waals surface area contributed by atoms with Gasteiger partial charge in [0.2, 0.25) is 10.0 Å². The van der Waals surface area contributed by atoms with Gasteiger partial charge in [-0.3, -0.25) is 5.10 Å². The van der Waals surface area contributed by atoms with Crippen LogP contribution in [-0.2, 0) is 10.0 Å². The van der Waals surface area contributed by atoms with Gasteiger partial charge in [0.05, 0.1) is 11.9 Å². The van der Waals surface area contributed by atoms with Gasteiger partial charge in [-0.25, -0.2) is 13.1 Å². The molecule has 1 unspecified atom stereocenters. The number of rotatable bonds is 3. The van der Waals surface area contributed by atoms with Gasteiger partial charge in [-0.05, 0) is 19.9 Å². The van der Waals surface area contributed by atoms with Crippen molar-refractivity contribution in [2.75, 3.05) is 13.1 Å². The van der Waals surface area contributed by atoms with Crippen molar-refractivity contribution in [3.63, 3.8) is 0 Å². The molecular weight excluding hydrogens is 252 g/mol. The number of sulfonamides is 1. The number of hydrogen-bond donors (Lipinski definition) is 3. The van der Waals surface area contributed by atoms with Crippen molar-refractivity contribution in [2.45, 2.75) is 24.3 Å². The molecule has 8 heteroatoms. The summed E-state index contributed by atoms with van der Waals surface area (Å²) in [5, 5.41) is 9.42. The highest BCUT2D eigenvalue weighted by molar-refractivity contribution is 7.89. The molecule has 0 aliphatic carbocycles. The van der Waals surface area contributed by atoms with Crippen LogP contribution in [0, 0.1) is 6.92 Å². The normalized spacial score (nSPS) is 20.7. The van der Waals surface area contributed by atoms with Crippen LogP contribution in [0.4, 0.5) is 0 Å². The van der Waals surface area contributed by atoms with Gasteiger partial charge < -0.3 is 5.32 Å². The molecule has 1 saturated heterocycles. The molecule has 0 aromatic carbocycles. The number of aryl methyl sites for hydroxylation is 1. The molecule has 0 saturated carbocycles. The molecule has 1 aromatic rings. The fraction of sp³-hybridized carbons (Fsp3) is 0.625. The Balaban J connectivity index is 0.00000128. The summed E-state index contributed by atoms with van der Waals surface area (Å²) < 4.78 is 26.4. The number of halogens is 1. The van der Waals surface area contributed by atoms with Crippen LogP contribution in [0.25, 0.3) is 0 Å². The summed E-state index contributed by atoms with van der Waals surface area (Å²) in [6.45, 7) is 3.24. The SMILES string of the molecule is Cc1[nH]ncc1S(=O)(=O)NC1CCNC1.Cl. The molecule has 0 radical (unpaired) electrons. The van der Waals surface area contributed by atoms with Crippen LogP contribution >= 0.6 is 12.4 Å². The van der Waals surface area contributed by atoms with E-state index in [2.05, 4.69) is 20.2 Å². The van der Waals surface area contributed by atoms with E-state index in [1.165, 1.54) is 6.20 Å². The first-order valence-corrected chi connectivity index (χ1v) is 6.31. The van der Waals surface area contributed by atoms with Gasteiger partial charge in [0, 0.05) is 12.6 Å². The van der Waals surface area contributed by atoms with Crippen molar-refractivity contribution in [3.05, 3.63) is 11.9 Å². The Bertz CT molecular complexity index is 439. The Labute approximate surface area is 101 Å². The lowest BCUT2D eigenvalue weighted by Crippen LogP contribution is -2.36. The summed E-state index contributed by atoms with van der Waals surface area (Å²) in [5.41, 5.74) is 0.563.